The molecule has 2 rings (SSSR count). The molecule has 0 amide bonds. The van der Waals surface area contributed by atoms with E-state index in [2.05, 4.69) is 13.0 Å². The van der Waals surface area contributed by atoms with E-state index in [0.717, 1.165) is 11.3 Å². The Morgan fingerprint density at radius 2 is 2.29 bits per heavy atom. The Bertz CT molecular complexity index is 342. The van der Waals surface area contributed by atoms with Crippen LogP contribution >= 0.6 is 11.8 Å². The highest BCUT2D eigenvalue weighted by Gasteiger charge is 2.38. The van der Waals surface area contributed by atoms with Crippen LogP contribution in [0.4, 0.5) is 0 Å². The first-order chi connectivity index (χ1) is 6.68. The molecule has 0 spiro atoms. The van der Waals surface area contributed by atoms with Gasteiger partial charge in [0.25, 0.3) is 0 Å². The number of nitrogens with two attached hydrogens (primary N) is 1. The molecule has 2 nitrogen and oxygen atoms in total. The third kappa shape index (κ3) is 1.36. The second-order valence-corrected chi connectivity index (χ2v) is 4.97. The summed E-state index contributed by atoms with van der Waals surface area (Å²) in [6.07, 6.45) is 0. The quantitative estimate of drug-likeness (QED) is 0.738. The standard InChI is InChI=1S/C11H15NOS/c1-8-6-14-10-5-3-2-4-9(10)11(8,12)7-13/h2-5,8,13H,6-7,12H2,1H3. The van der Waals surface area contributed by atoms with E-state index in [1.54, 1.807) is 0 Å². The molecule has 1 aromatic carbocycles. The zero-order valence-electron chi connectivity index (χ0n) is 8.23. The normalized spacial score (nSPS) is 31.2. The Kier molecular flexibility index (Phi) is 2.56. The van der Waals surface area contributed by atoms with Crippen LogP contribution < -0.4 is 5.73 Å². The zero-order valence-corrected chi connectivity index (χ0v) is 9.05. The van der Waals surface area contributed by atoms with E-state index >= 15 is 0 Å². The summed E-state index contributed by atoms with van der Waals surface area (Å²) in [7, 11) is 0. The predicted octanol–water partition coefficient (Wildman–Crippen LogP) is 1.57. The molecule has 0 fully saturated rings. The van der Waals surface area contributed by atoms with Gasteiger partial charge in [0.1, 0.15) is 0 Å². The molecule has 2 unspecified atom stereocenters. The van der Waals surface area contributed by atoms with E-state index in [1.165, 1.54) is 4.90 Å². The lowest BCUT2D eigenvalue weighted by Crippen LogP contribution is -2.49. The van der Waals surface area contributed by atoms with Crippen molar-refractivity contribution >= 4 is 11.8 Å². The van der Waals surface area contributed by atoms with Gasteiger partial charge in [0.15, 0.2) is 0 Å². The fourth-order valence-corrected chi connectivity index (χ4v) is 3.16. The molecule has 0 bridgehead atoms. The van der Waals surface area contributed by atoms with E-state index in [9.17, 15) is 5.11 Å². The van der Waals surface area contributed by atoms with Crippen LogP contribution in [0.25, 0.3) is 0 Å². The summed E-state index contributed by atoms with van der Waals surface area (Å²) < 4.78 is 0. The van der Waals surface area contributed by atoms with Crippen molar-refractivity contribution < 1.29 is 5.11 Å². The molecule has 0 radical (unpaired) electrons. The second-order valence-electron chi connectivity index (χ2n) is 3.91. The smallest absolute Gasteiger partial charge is 0.0688 e. The lowest BCUT2D eigenvalue weighted by atomic mass is 9.81. The van der Waals surface area contributed by atoms with Gasteiger partial charge in [0.2, 0.25) is 0 Å². The van der Waals surface area contributed by atoms with Crippen molar-refractivity contribution in [3.05, 3.63) is 29.8 Å². The van der Waals surface area contributed by atoms with Gasteiger partial charge in [0.05, 0.1) is 12.1 Å². The number of hydrogen-bond donors (Lipinski definition) is 2. The molecule has 1 aliphatic rings. The van der Waals surface area contributed by atoms with Gasteiger partial charge in [-0.05, 0) is 17.5 Å². The van der Waals surface area contributed by atoms with Crippen molar-refractivity contribution in [2.24, 2.45) is 11.7 Å². The molecule has 0 aliphatic carbocycles. The van der Waals surface area contributed by atoms with Crippen LogP contribution in [0.1, 0.15) is 12.5 Å². The molecule has 0 aromatic heterocycles. The van der Waals surface area contributed by atoms with Gasteiger partial charge in [-0.25, -0.2) is 0 Å². The zero-order chi connectivity index (χ0) is 10.2. The maximum Gasteiger partial charge on any atom is 0.0688 e. The van der Waals surface area contributed by atoms with Crippen molar-refractivity contribution in [1.29, 1.82) is 0 Å². The molecule has 3 heteroatoms. The van der Waals surface area contributed by atoms with Gasteiger partial charge in [-0.15, -0.1) is 11.8 Å². The van der Waals surface area contributed by atoms with Gasteiger partial charge in [-0.3, -0.25) is 0 Å². The number of thioether (sulfide) groups is 1. The summed E-state index contributed by atoms with van der Waals surface area (Å²) in [5, 5.41) is 9.43. The molecule has 14 heavy (non-hydrogen) atoms. The molecular weight excluding hydrogens is 194 g/mol. The van der Waals surface area contributed by atoms with Crippen molar-refractivity contribution in [3.8, 4) is 0 Å². The lowest BCUT2D eigenvalue weighted by Gasteiger charge is -2.39. The minimum absolute atomic E-state index is 0.0196. The maximum absolute atomic E-state index is 9.43. The summed E-state index contributed by atoms with van der Waals surface area (Å²) in [6.45, 7) is 2.12. The van der Waals surface area contributed by atoms with E-state index in [-0.39, 0.29) is 6.61 Å². The number of benzene rings is 1. The average Bonchev–Trinajstić information content (AvgIpc) is 2.24. The molecular formula is C11H15NOS. The third-order valence-electron chi connectivity index (χ3n) is 3.02. The van der Waals surface area contributed by atoms with Crippen molar-refractivity contribution in [2.75, 3.05) is 12.4 Å². The van der Waals surface area contributed by atoms with Gasteiger partial charge >= 0.3 is 0 Å². The number of rotatable bonds is 1. The first kappa shape index (κ1) is 10.0. The summed E-state index contributed by atoms with van der Waals surface area (Å²) >= 11 is 1.82. The van der Waals surface area contributed by atoms with Crippen LogP contribution in [0.3, 0.4) is 0 Å². The molecule has 1 heterocycles. The van der Waals surface area contributed by atoms with Crippen molar-refractivity contribution in [3.63, 3.8) is 0 Å². The summed E-state index contributed by atoms with van der Waals surface area (Å²) in [6, 6.07) is 8.09. The Hall–Kier alpha value is -0.510. The Balaban J connectivity index is 2.52. The SMILES string of the molecule is CC1CSc2ccccc2C1(N)CO. The Labute approximate surface area is 88.5 Å². The molecule has 1 aliphatic heterocycles. The Morgan fingerprint density at radius 3 is 3.00 bits per heavy atom. The van der Waals surface area contributed by atoms with Crippen LogP contribution in [0.15, 0.2) is 29.2 Å². The van der Waals surface area contributed by atoms with Crippen LogP contribution in [-0.2, 0) is 5.54 Å². The topological polar surface area (TPSA) is 46.2 Å². The van der Waals surface area contributed by atoms with Crippen LogP contribution in [-0.4, -0.2) is 17.5 Å². The molecule has 0 saturated heterocycles. The first-order valence-electron chi connectivity index (χ1n) is 4.80. The average molecular weight is 209 g/mol. The minimum Gasteiger partial charge on any atom is -0.394 e. The van der Waals surface area contributed by atoms with Crippen LogP contribution in [0, 0.1) is 5.92 Å². The van der Waals surface area contributed by atoms with E-state index in [1.807, 2.05) is 30.0 Å². The fraction of sp³-hybridized carbons (Fsp3) is 0.455. The van der Waals surface area contributed by atoms with Crippen LogP contribution in [0.5, 0.6) is 0 Å². The summed E-state index contributed by atoms with van der Waals surface area (Å²) in [5.41, 5.74) is 6.79. The highest BCUT2D eigenvalue weighted by Crippen LogP contribution is 2.41. The molecule has 3 N–H and O–H groups in total. The summed E-state index contributed by atoms with van der Waals surface area (Å²) in [4.78, 5) is 1.21. The molecule has 1 aromatic rings. The molecule has 0 saturated carbocycles. The number of aliphatic hydroxyl groups is 1. The lowest BCUT2D eigenvalue weighted by molar-refractivity contribution is 0.152. The number of hydrogen-bond acceptors (Lipinski definition) is 3. The first-order valence-corrected chi connectivity index (χ1v) is 5.79. The fourth-order valence-electron chi connectivity index (χ4n) is 1.85. The van der Waals surface area contributed by atoms with E-state index in [4.69, 9.17) is 5.73 Å². The van der Waals surface area contributed by atoms with Gasteiger partial charge in [-0.1, -0.05) is 25.1 Å². The monoisotopic (exact) mass is 209 g/mol. The highest BCUT2D eigenvalue weighted by molar-refractivity contribution is 7.99. The third-order valence-corrected chi connectivity index (χ3v) is 4.35. The van der Waals surface area contributed by atoms with Crippen molar-refractivity contribution in [1.82, 2.24) is 0 Å². The summed E-state index contributed by atoms with van der Waals surface area (Å²) in [5.74, 6) is 1.29. The van der Waals surface area contributed by atoms with Crippen LogP contribution in [0.2, 0.25) is 0 Å². The molecule has 76 valence electrons. The van der Waals surface area contributed by atoms with Gasteiger partial charge in [0, 0.05) is 10.6 Å². The highest BCUT2D eigenvalue weighted by atomic mass is 32.2. The minimum atomic E-state index is -0.554. The van der Waals surface area contributed by atoms with Gasteiger partial charge in [-0.2, -0.15) is 0 Å². The Morgan fingerprint density at radius 1 is 1.57 bits per heavy atom. The number of fused-ring (bicyclic) bond motifs is 1. The van der Waals surface area contributed by atoms with E-state index in [0.29, 0.717) is 5.92 Å². The predicted molar refractivity (Wildman–Crippen MR) is 59.3 cm³/mol. The second kappa shape index (κ2) is 3.57. The largest absolute Gasteiger partial charge is 0.394 e. The maximum atomic E-state index is 9.43. The van der Waals surface area contributed by atoms with E-state index < -0.39 is 5.54 Å². The van der Waals surface area contributed by atoms with Gasteiger partial charge < -0.3 is 10.8 Å². The number of aliphatic hydroxyl groups excluding tert-OH is 1. The van der Waals surface area contributed by atoms with Crippen molar-refractivity contribution in [2.45, 2.75) is 17.4 Å². The molecule has 2 atom stereocenters.